The van der Waals surface area contributed by atoms with Gasteiger partial charge in [0.15, 0.2) is 0 Å². The third-order valence-corrected chi connectivity index (χ3v) is 9.30. The molecule has 0 radical (unpaired) electrons. The Balaban J connectivity index is 1.48. The number of hydrogen-bond acceptors (Lipinski definition) is 2. The van der Waals surface area contributed by atoms with Crippen LogP contribution < -0.4 is 5.32 Å². The van der Waals surface area contributed by atoms with Crippen LogP contribution in [0.15, 0.2) is 16.6 Å². The second-order valence-electron chi connectivity index (χ2n) is 9.84. The normalized spacial score (nSPS) is 55.4. The van der Waals surface area contributed by atoms with Crippen molar-refractivity contribution < 1.29 is 0 Å². The minimum absolute atomic E-state index is 0.491. The van der Waals surface area contributed by atoms with Gasteiger partial charge in [-0.2, -0.15) is 0 Å². The van der Waals surface area contributed by atoms with E-state index in [9.17, 15) is 0 Å². The van der Waals surface area contributed by atoms with Crippen molar-refractivity contribution in [3.8, 4) is 0 Å². The zero-order valence-corrected chi connectivity index (χ0v) is 15.7. The maximum Gasteiger partial charge on any atom is 0.0504 e. The van der Waals surface area contributed by atoms with E-state index in [0.29, 0.717) is 16.9 Å². The lowest BCUT2D eigenvalue weighted by Gasteiger charge is -2.57. The van der Waals surface area contributed by atoms with E-state index in [1.165, 1.54) is 51.4 Å². The van der Waals surface area contributed by atoms with Crippen LogP contribution in [0.25, 0.3) is 0 Å². The van der Waals surface area contributed by atoms with Gasteiger partial charge in [0.1, 0.15) is 0 Å². The standard InChI is InChI=1S/C22H34N2/c1-14-18-6-7-20-17-5-4-15-12-16(23-3)8-10-21(15,2)19(17)9-11-22(18,20)13-24-14/h4,13-14,16-20,23H,5-12H2,1-3H3/t14-,16-,17-,18-,19+,20+,21-,22-/m0/s1. The molecule has 3 fully saturated rings. The Hall–Kier alpha value is -0.630. The van der Waals surface area contributed by atoms with Crippen LogP contribution in [0.4, 0.5) is 0 Å². The zero-order valence-electron chi connectivity index (χ0n) is 15.7. The Morgan fingerprint density at radius 2 is 1.92 bits per heavy atom. The number of nitrogens with one attached hydrogen (secondary N) is 1. The summed E-state index contributed by atoms with van der Waals surface area (Å²) in [6, 6.07) is 1.30. The van der Waals surface area contributed by atoms with Crippen LogP contribution in [0.3, 0.4) is 0 Å². The molecule has 4 aliphatic carbocycles. The molecule has 0 aromatic heterocycles. The Kier molecular flexibility index (Phi) is 3.38. The number of nitrogens with zero attached hydrogens (tertiary/aromatic N) is 1. The minimum Gasteiger partial charge on any atom is -0.317 e. The SMILES string of the molecule is CN[C@H]1CC[C@@]2(C)C(=CC[C@@H]3[C@H]4CC[C@H]5[C@H](C)N=C[C@]45CC[C@H]32)C1. The van der Waals surface area contributed by atoms with Gasteiger partial charge in [0.05, 0.1) is 6.04 Å². The molecule has 0 unspecified atom stereocenters. The van der Waals surface area contributed by atoms with Crippen LogP contribution >= 0.6 is 0 Å². The number of allylic oxidation sites excluding steroid dienone is 1. The number of hydrogen-bond donors (Lipinski definition) is 1. The fourth-order valence-corrected chi connectivity index (χ4v) is 7.98. The monoisotopic (exact) mass is 326 g/mol. The summed E-state index contributed by atoms with van der Waals surface area (Å²) in [7, 11) is 2.14. The first-order valence-electron chi connectivity index (χ1n) is 10.5. The zero-order chi connectivity index (χ0) is 16.5. The van der Waals surface area contributed by atoms with E-state index >= 15 is 0 Å². The average molecular weight is 327 g/mol. The lowest BCUT2D eigenvalue weighted by molar-refractivity contribution is -0.0157. The molecule has 2 nitrogen and oxygen atoms in total. The molecule has 132 valence electrons. The van der Waals surface area contributed by atoms with E-state index < -0.39 is 0 Å². The third kappa shape index (κ3) is 1.84. The highest BCUT2D eigenvalue weighted by molar-refractivity contribution is 5.71. The Morgan fingerprint density at radius 3 is 2.75 bits per heavy atom. The summed E-state index contributed by atoms with van der Waals surface area (Å²) in [5.41, 5.74) is 2.79. The Labute approximate surface area is 147 Å². The molecule has 5 aliphatic rings. The van der Waals surface area contributed by atoms with E-state index in [-0.39, 0.29) is 0 Å². The largest absolute Gasteiger partial charge is 0.317 e. The van der Waals surface area contributed by atoms with Crippen LogP contribution in [0.2, 0.25) is 0 Å². The van der Waals surface area contributed by atoms with Crippen LogP contribution in [-0.2, 0) is 0 Å². The highest BCUT2D eigenvalue weighted by Crippen LogP contribution is 2.67. The van der Waals surface area contributed by atoms with Crippen molar-refractivity contribution in [2.24, 2.45) is 39.5 Å². The van der Waals surface area contributed by atoms with Gasteiger partial charge in [-0.1, -0.05) is 18.6 Å². The highest BCUT2D eigenvalue weighted by atomic mass is 14.9. The van der Waals surface area contributed by atoms with Crippen molar-refractivity contribution in [2.45, 2.75) is 77.3 Å². The molecule has 0 amide bonds. The van der Waals surface area contributed by atoms with E-state index in [1.54, 1.807) is 5.57 Å². The van der Waals surface area contributed by atoms with E-state index in [0.717, 1.165) is 29.7 Å². The maximum atomic E-state index is 4.90. The van der Waals surface area contributed by atoms with Gasteiger partial charge >= 0.3 is 0 Å². The molecule has 2 heteroatoms. The second kappa shape index (κ2) is 5.19. The van der Waals surface area contributed by atoms with Gasteiger partial charge in [-0.3, -0.25) is 4.99 Å². The molecule has 1 N–H and O–H groups in total. The minimum atomic E-state index is 0.491. The van der Waals surface area contributed by atoms with Gasteiger partial charge in [0.2, 0.25) is 0 Å². The summed E-state index contributed by atoms with van der Waals surface area (Å²) in [5.74, 6) is 3.66. The summed E-state index contributed by atoms with van der Waals surface area (Å²) in [4.78, 5) is 4.90. The Morgan fingerprint density at radius 1 is 1.08 bits per heavy atom. The molecule has 5 rings (SSSR count). The summed E-state index contributed by atoms with van der Waals surface area (Å²) in [6.07, 6.45) is 16.3. The van der Waals surface area contributed by atoms with Gasteiger partial charge in [-0.15, -0.1) is 0 Å². The molecule has 1 heterocycles. The summed E-state index contributed by atoms with van der Waals surface area (Å²) in [5, 5.41) is 3.54. The molecular formula is C22H34N2. The van der Waals surface area contributed by atoms with E-state index in [1.807, 2.05) is 0 Å². The number of fused-ring (bicyclic) bond motifs is 4. The topological polar surface area (TPSA) is 24.4 Å². The molecular weight excluding hydrogens is 292 g/mol. The van der Waals surface area contributed by atoms with E-state index in [2.05, 4.69) is 38.5 Å². The molecule has 3 saturated carbocycles. The Bertz CT molecular complexity index is 593. The molecule has 0 saturated heterocycles. The predicted molar refractivity (Wildman–Crippen MR) is 100 cm³/mol. The van der Waals surface area contributed by atoms with Crippen LogP contribution in [0.5, 0.6) is 0 Å². The van der Waals surface area contributed by atoms with Gasteiger partial charge in [-0.05, 0) is 94.4 Å². The first-order chi connectivity index (χ1) is 11.6. The number of aliphatic imine (C=N–C) groups is 1. The second-order valence-corrected chi connectivity index (χ2v) is 9.84. The van der Waals surface area contributed by atoms with Crippen molar-refractivity contribution in [2.75, 3.05) is 7.05 Å². The fourth-order valence-electron chi connectivity index (χ4n) is 7.98. The first-order valence-corrected chi connectivity index (χ1v) is 10.5. The van der Waals surface area contributed by atoms with Crippen LogP contribution in [0, 0.1) is 34.5 Å². The number of rotatable bonds is 1. The lowest BCUT2D eigenvalue weighted by Crippen LogP contribution is -2.52. The highest BCUT2D eigenvalue weighted by Gasteiger charge is 2.62. The smallest absolute Gasteiger partial charge is 0.0504 e. The van der Waals surface area contributed by atoms with Crippen LogP contribution in [-0.4, -0.2) is 25.3 Å². The first kappa shape index (κ1) is 15.6. The quantitative estimate of drug-likeness (QED) is 0.699. The summed E-state index contributed by atoms with van der Waals surface area (Å²) >= 11 is 0. The van der Waals surface area contributed by atoms with Crippen molar-refractivity contribution in [3.05, 3.63) is 11.6 Å². The predicted octanol–water partition coefficient (Wildman–Crippen LogP) is 4.61. The third-order valence-electron chi connectivity index (χ3n) is 9.30. The van der Waals surface area contributed by atoms with E-state index in [4.69, 9.17) is 4.99 Å². The molecule has 0 aromatic carbocycles. The van der Waals surface area contributed by atoms with Crippen molar-refractivity contribution in [1.29, 1.82) is 0 Å². The van der Waals surface area contributed by atoms with Crippen LogP contribution in [0.1, 0.15) is 65.2 Å². The molecule has 8 atom stereocenters. The molecule has 0 aromatic rings. The maximum absolute atomic E-state index is 4.90. The van der Waals surface area contributed by atoms with Gasteiger partial charge < -0.3 is 5.32 Å². The fraction of sp³-hybridized carbons (Fsp3) is 0.864. The molecule has 1 aliphatic heterocycles. The van der Waals surface area contributed by atoms with Crippen molar-refractivity contribution in [3.63, 3.8) is 0 Å². The molecule has 1 spiro atoms. The van der Waals surface area contributed by atoms with Gasteiger partial charge in [0.25, 0.3) is 0 Å². The lowest BCUT2D eigenvalue weighted by atomic mass is 9.47. The van der Waals surface area contributed by atoms with Gasteiger partial charge in [0, 0.05) is 17.7 Å². The van der Waals surface area contributed by atoms with Crippen molar-refractivity contribution in [1.82, 2.24) is 5.32 Å². The summed E-state index contributed by atoms with van der Waals surface area (Å²) < 4.78 is 0. The summed E-state index contributed by atoms with van der Waals surface area (Å²) in [6.45, 7) is 4.99. The van der Waals surface area contributed by atoms with Crippen molar-refractivity contribution >= 4 is 6.21 Å². The average Bonchev–Trinajstić information content (AvgIpc) is 3.12. The molecule has 24 heavy (non-hydrogen) atoms. The van der Waals surface area contributed by atoms with Gasteiger partial charge in [-0.25, -0.2) is 0 Å². The molecule has 0 bridgehead atoms.